The van der Waals surface area contributed by atoms with Gasteiger partial charge in [0, 0.05) is 17.5 Å². The molecule has 1 aromatic heterocycles. The Balaban J connectivity index is 1.76. The summed E-state index contributed by atoms with van der Waals surface area (Å²) in [7, 11) is 0. The summed E-state index contributed by atoms with van der Waals surface area (Å²) in [5, 5.41) is 2.82. The Bertz CT molecular complexity index is 1110. The summed E-state index contributed by atoms with van der Waals surface area (Å²) in [5.41, 5.74) is -0.221. The maximum absolute atomic E-state index is 13.6. The van der Waals surface area contributed by atoms with E-state index in [-0.39, 0.29) is 16.4 Å². The van der Waals surface area contributed by atoms with Crippen molar-refractivity contribution in [2.45, 2.75) is 6.92 Å². The predicted octanol–water partition coefficient (Wildman–Crippen LogP) is 4.19. The maximum atomic E-state index is 13.6. The van der Waals surface area contributed by atoms with E-state index in [1.54, 1.807) is 6.92 Å². The van der Waals surface area contributed by atoms with Gasteiger partial charge in [0.15, 0.2) is 24.1 Å². The minimum absolute atomic E-state index is 0.0545. The van der Waals surface area contributed by atoms with Gasteiger partial charge in [-0.2, -0.15) is 0 Å². The minimum Gasteiger partial charge on any atom is -0.482 e. The van der Waals surface area contributed by atoms with Crippen molar-refractivity contribution in [3.8, 4) is 5.75 Å². The van der Waals surface area contributed by atoms with Crippen LogP contribution >= 0.6 is 11.6 Å². The number of carbonyl (C=O) groups excluding carboxylic acids is 1. The van der Waals surface area contributed by atoms with Crippen LogP contribution in [0.25, 0.3) is 11.0 Å². The smallest absolute Gasteiger partial charge is 0.336 e. The zero-order chi connectivity index (χ0) is 19.7. The van der Waals surface area contributed by atoms with Gasteiger partial charge in [-0.15, -0.1) is 0 Å². The van der Waals surface area contributed by atoms with Crippen molar-refractivity contribution in [3.05, 3.63) is 68.8 Å². The molecule has 5 nitrogen and oxygen atoms in total. The molecule has 1 amide bonds. The highest BCUT2D eigenvalue weighted by Crippen LogP contribution is 2.31. The highest BCUT2D eigenvalue weighted by atomic mass is 35.5. The SMILES string of the molecule is Cc1cc(=O)oc2cc(OCC(=O)Nc3ccc(F)c(F)c3F)c(Cl)cc12. The number of hydrogen-bond acceptors (Lipinski definition) is 4. The van der Waals surface area contributed by atoms with Gasteiger partial charge in [0.05, 0.1) is 10.7 Å². The molecule has 140 valence electrons. The molecular weight excluding hydrogens is 387 g/mol. The molecule has 1 heterocycles. The van der Waals surface area contributed by atoms with Gasteiger partial charge in [-0.1, -0.05) is 11.6 Å². The average Bonchev–Trinajstić information content (AvgIpc) is 2.61. The van der Waals surface area contributed by atoms with Crippen molar-refractivity contribution in [1.29, 1.82) is 0 Å². The number of aryl methyl sites for hydroxylation is 1. The van der Waals surface area contributed by atoms with E-state index < -0.39 is 41.3 Å². The number of benzene rings is 2. The molecule has 0 fully saturated rings. The first-order valence-electron chi connectivity index (χ1n) is 7.56. The third kappa shape index (κ3) is 3.90. The van der Waals surface area contributed by atoms with Crippen LogP contribution in [0.3, 0.4) is 0 Å². The van der Waals surface area contributed by atoms with E-state index >= 15 is 0 Å². The van der Waals surface area contributed by atoms with Crippen molar-refractivity contribution >= 4 is 34.2 Å². The first-order chi connectivity index (χ1) is 12.8. The quantitative estimate of drug-likeness (QED) is 0.529. The molecule has 0 unspecified atom stereocenters. The van der Waals surface area contributed by atoms with E-state index in [9.17, 15) is 22.8 Å². The molecule has 2 aromatic carbocycles. The lowest BCUT2D eigenvalue weighted by Crippen LogP contribution is -2.21. The zero-order valence-corrected chi connectivity index (χ0v) is 14.5. The number of nitrogens with one attached hydrogen (secondary N) is 1. The van der Waals surface area contributed by atoms with Gasteiger partial charge >= 0.3 is 5.63 Å². The fourth-order valence-corrected chi connectivity index (χ4v) is 2.60. The number of halogens is 4. The standard InChI is InChI=1S/C18H11ClF3NO4/c1-8-4-16(25)27-13-6-14(10(19)5-9(8)13)26-7-15(24)23-12-3-2-11(20)17(21)18(12)22/h2-6H,7H2,1H3,(H,23,24). The lowest BCUT2D eigenvalue weighted by molar-refractivity contribution is -0.118. The summed E-state index contributed by atoms with van der Waals surface area (Å²) in [5.74, 6) is -5.37. The van der Waals surface area contributed by atoms with Gasteiger partial charge < -0.3 is 14.5 Å². The van der Waals surface area contributed by atoms with Crippen LogP contribution in [0, 0.1) is 24.4 Å². The average molecular weight is 398 g/mol. The molecule has 0 bridgehead atoms. The molecule has 0 radical (unpaired) electrons. The first kappa shape index (κ1) is 18.8. The van der Waals surface area contributed by atoms with Gasteiger partial charge in [0.1, 0.15) is 11.3 Å². The Kier molecular flexibility index (Phi) is 5.09. The number of amides is 1. The van der Waals surface area contributed by atoms with Crippen LogP contribution in [0.1, 0.15) is 5.56 Å². The van der Waals surface area contributed by atoms with Gasteiger partial charge in [0.2, 0.25) is 0 Å². The summed E-state index contributed by atoms with van der Waals surface area (Å²) in [6.45, 7) is 1.11. The van der Waals surface area contributed by atoms with Crippen molar-refractivity contribution < 1.29 is 27.1 Å². The molecule has 0 saturated carbocycles. The Morgan fingerprint density at radius 3 is 2.67 bits per heavy atom. The van der Waals surface area contributed by atoms with Crippen LogP contribution in [0.4, 0.5) is 18.9 Å². The Labute approximate surface area is 155 Å². The number of carbonyl (C=O) groups is 1. The van der Waals surface area contributed by atoms with Crippen LogP contribution in [-0.2, 0) is 4.79 Å². The number of anilines is 1. The second-order valence-corrected chi connectivity index (χ2v) is 5.99. The van der Waals surface area contributed by atoms with Gasteiger partial charge in [0.25, 0.3) is 5.91 Å². The van der Waals surface area contributed by atoms with Crippen LogP contribution in [0.5, 0.6) is 5.75 Å². The first-order valence-corrected chi connectivity index (χ1v) is 7.94. The predicted molar refractivity (Wildman–Crippen MR) is 92.7 cm³/mol. The molecule has 0 spiro atoms. The summed E-state index contributed by atoms with van der Waals surface area (Å²) in [6, 6.07) is 5.73. The Hall–Kier alpha value is -3.00. The van der Waals surface area contributed by atoms with Crippen LogP contribution in [0.2, 0.25) is 5.02 Å². The summed E-state index contributed by atoms with van der Waals surface area (Å²) in [6.07, 6.45) is 0. The molecule has 0 atom stereocenters. The van der Waals surface area contributed by atoms with Crippen molar-refractivity contribution in [2.75, 3.05) is 11.9 Å². The minimum atomic E-state index is -1.70. The number of fused-ring (bicyclic) bond motifs is 1. The molecule has 3 rings (SSSR count). The number of hydrogen-bond donors (Lipinski definition) is 1. The second-order valence-electron chi connectivity index (χ2n) is 5.59. The summed E-state index contributed by atoms with van der Waals surface area (Å²) < 4.78 is 50.0. The van der Waals surface area contributed by atoms with E-state index in [4.69, 9.17) is 20.8 Å². The second kappa shape index (κ2) is 7.32. The third-order valence-electron chi connectivity index (χ3n) is 3.67. The largest absolute Gasteiger partial charge is 0.482 e. The van der Waals surface area contributed by atoms with Crippen molar-refractivity contribution in [2.24, 2.45) is 0 Å². The lowest BCUT2D eigenvalue weighted by atomic mass is 10.1. The Morgan fingerprint density at radius 1 is 1.19 bits per heavy atom. The van der Waals surface area contributed by atoms with Crippen LogP contribution < -0.4 is 15.7 Å². The molecule has 0 aliphatic carbocycles. The molecule has 1 N–H and O–H groups in total. The number of ether oxygens (including phenoxy) is 1. The maximum Gasteiger partial charge on any atom is 0.336 e. The van der Waals surface area contributed by atoms with Crippen molar-refractivity contribution in [3.63, 3.8) is 0 Å². The van der Waals surface area contributed by atoms with Crippen molar-refractivity contribution in [1.82, 2.24) is 0 Å². The molecule has 3 aromatic rings. The third-order valence-corrected chi connectivity index (χ3v) is 3.97. The van der Waals surface area contributed by atoms with E-state index in [2.05, 4.69) is 5.32 Å². The topological polar surface area (TPSA) is 68.5 Å². The normalized spacial score (nSPS) is 10.9. The molecule has 0 aliphatic heterocycles. The fraction of sp³-hybridized carbons (Fsp3) is 0.111. The number of rotatable bonds is 4. The van der Waals surface area contributed by atoms with E-state index in [0.29, 0.717) is 17.0 Å². The molecule has 0 saturated heterocycles. The molecular formula is C18H11ClF3NO4. The lowest BCUT2D eigenvalue weighted by Gasteiger charge is -2.11. The zero-order valence-electron chi connectivity index (χ0n) is 13.7. The van der Waals surface area contributed by atoms with Gasteiger partial charge in [-0.25, -0.2) is 18.0 Å². The Morgan fingerprint density at radius 2 is 1.93 bits per heavy atom. The molecule has 27 heavy (non-hydrogen) atoms. The highest BCUT2D eigenvalue weighted by molar-refractivity contribution is 6.32. The van der Waals surface area contributed by atoms with Crippen LogP contribution in [0.15, 0.2) is 39.5 Å². The van der Waals surface area contributed by atoms with Gasteiger partial charge in [-0.3, -0.25) is 4.79 Å². The van der Waals surface area contributed by atoms with E-state index in [1.807, 2.05) is 0 Å². The van der Waals surface area contributed by atoms with Crippen LogP contribution in [-0.4, -0.2) is 12.5 Å². The van der Waals surface area contributed by atoms with E-state index in [0.717, 1.165) is 6.07 Å². The molecule has 0 aliphatic rings. The summed E-state index contributed by atoms with van der Waals surface area (Å²) in [4.78, 5) is 23.3. The fourth-order valence-electron chi connectivity index (χ4n) is 2.38. The summed E-state index contributed by atoms with van der Waals surface area (Å²) >= 11 is 6.09. The monoisotopic (exact) mass is 397 g/mol. The molecule has 9 heteroatoms. The van der Waals surface area contributed by atoms with E-state index in [1.165, 1.54) is 18.2 Å². The van der Waals surface area contributed by atoms with Gasteiger partial charge in [-0.05, 0) is 30.7 Å². The highest BCUT2D eigenvalue weighted by Gasteiger charge is 2.16.